The Morgan fingerprint density at radius 3 is 2.27 bits per heavy atom. The molecule has 0 spiro atoms. The summed E-state index contributed by atoms with van der Waals surface area (Å²) in [6, 6.07) is 0.171. The molecule has 0 saturated carbocycles. The number of allylic oxidation sites excluding steroid dienone is 2. The van der Waals surface area contributed by atoms with E-state index in [1.54, 1.807) is 19.1 Å². The van der Waals surface area contributed by atoms with E-state index in [9.17, 15) is 10.1 Å². The Morgan fingerprint density at radius 2 is 1.87 bits per heavy atom. The van der Waals surface area contributed by atoms with Crippen molar-refractivity contribution in [3.8, 4) is 0 Å². The zero-order valence-corrected chi connectivity index (χ0v) is 8.64. The summed E-state index contributed by atoms with van der Waals surface area (Å²) in [4.78, 5) is 10.6. The first-order chi connectivity index (χ1) is 7.01. The van der Waals surface area contributed by atoms with Crippen molar-refractivity contribution in [1.82, 2.24) is 0 Å². The summed E-state index contributed by atoms with van der Waals surface area (Å²) in [5.74, 6) is 0. The van der Waals surface area contributed by atoms with Crippen LogP contribution < -0.4 is 5.73 Å². The van der Waals surface area contributed by atoms with Crippen molar-refractivity contribution < 1.29 is 4.92 Å². The molecule has 80 valence electrons. The lowest BCUT2D eigenvalue weighted by atomic mass is 10.0. The van der Waals surface area contributed by atoms with Crippen LogP contribution in [0.25, 0.3) is 0 Å². The van der Waals surface area contributed by atoms with Crippen molar-refractivity contribution in [3.05, 3.63) is 45.6 Å². The number of hydrogen-bond donors (Lipinski definition) is 1. The topological polar surface area (TPSA) is 69.2 Å². The summed E-state index contributed by atoms with van der Waals surface area (Å²) in [6.07, 6.45) is 8.64. The van der Waals surface area contributed by atoms with Crippen molar-refractivity contribution in [3.63, 3.8) is 0 Å². The predicted molar refractivity (Wildman–Crippen MR) is 57.9 cm³/mol. The van der Waals surface area contributed by atoms with Crippen molar-refractivity contribution in [2.45, 2.75) is 31.3 Å². The second kappa shape index (κ2) is 3.31. The van der Waals surface area contributed by atoms with Gasteiger partial charge in [0.25, 0.3) is 5.54 Å². The lowest BCUT2D eigenvalue weighted by Crippen LogP contribution is -2.29. The molecule has 0 aromatic carbocycles. The molecule has 2 aliphatic rings. The van der Waals surface area contributed by atoms with Crippen LogP contribution in [-0.2, 0) is 0 Å². The van der Waals surface area contributed by atoms with Crippen LogP contribution in [0.2, 0.25) is 0 Å². The summed E-state index contributed by atoms with van der Waals surface area (Å²) in [7, 11) is 0. The zero-order chi connectivity index (χ0) is 11.1. The third kappa shape index (κ3) is 1.72. The van der Waals surface area contributed by atoms with Crippen LogP contribution in [-0.4, -0.2) is 16.5 Å². The number of hydrogen-bond acceptors (Lipinski definition) is 3. The highest BCUT2D eigenvalue weighted by molar-refractivity contribution is 5.43. The summed E-state index contributed by atoms with van der Waals surface area (Å²) >= 11 is 0. The molecule has 0 aliphatic heterocycles. The Kier molecular flexibility index (Phi) is 2.23. The van der Waals surface area contributed by atoms with E-state index in [0.29, 0.717) is 0 Å². The monoisotopic (exact) mass is 206 g/mol. The van der Waals surface area contributed by atoms with Gasteiger partial charge in [-0.1, -0.05) is 12.2 Å². The molecule has 15 heavy (non-hydrogen) atoms. The second-order valence-electron chi connectivity index (χ2n) is 4.37. The third-order valence-corrected chi connectivity index (χ3v) is 3.01. The van der Waals surface area contributed by atoms with Gasteiger partial charge in [0.2, 0.25) is 0 Å². The summed E-state index contributed by atoms with van der Waals surface area (Å²) in [6.45, 7) is 1.60. The Labute approximate surface area is 88.3 Å². The van der Waals surface area contributed by atoms with Gasteiger partial charge in [-0.15, -0.1) is 0 Å². The summed E-state index contributed by atoms with van der Waals surface area (Å²) in [5.41, 5.74) is 7.04. The summed E-state index contributed by atoms with van der Waals surface area (Å²) < 4.78 is 0. The number of nitro groups is 1. The highest BCUT2D eigenvalue weighted by atomic mass is 16.6. The van der Waals surface area contributed by atoms with E-state index in [1.807, 2.05) is 12.2 Å². The van der Waals surface area contributed by atoms with Gasteiger partial charge >= 0.3 is 0 Å². The third-order valence-electron chi connectivity index (χ3n) is 3.01. The van der Waals surface area contributed by atoms with Crippen LogP contribution in [0, 0.1) is 10.1 Å². The molecule has 0 atom stereocenters. The minimum absolute atomic E-state index is 0.171. The molecule has 2 aliphatic carbocycles. The molecule has 4 heteroatoms. The largest absolute Gasteiger partial charge is 0.327 e. The number of nitrogens with zero attached hydrogens (tertiary/aromatic N) is 1. The fourth-order valence-electron chi connectivity index (χ4n) is 1.97. The van der Waals surface area contributed by atoms with Gasteiger partial charge < -0.3 is 5.73 Å². The highest BCUT2D eigenvalue weighted by Gasteiger charge is 2.33. The van der Waals surface area contributed by atoms with Crippen LogP contribution >= 0.6 is 0 Å². The van der Waals surface area contributed by atoms with Crippen LogP contribution in [0.15, 0.2) is 35.5 Å². The molecule has 0 fully saturated rings. The van der Waals surface area contributed by atoms with Crippen LogP contribution in [0.1, 0.15) is 19.8 Å². The SMILES string of the molecule is CC1([N+](=O)[O-])C=CC2=C(C=C1)CC(N)C2. The fraction of sp³-hybridized carbons (Fsp3) is 0.455. The lowest BCUT2D eigenvalue weighted by molar-refractivity contribution is -0.535. The van der Waals surface area contributed by atoms with Gasteiger partial charge in [-0.3, -0.25) is 10.1 Å². The van der Waals surface area contributed by atoms with Crippen LogP contribution in [0.4, 0.5) is 0 Å². The van der Waals surface area contributed by atoms with E-state index in [1.165, 1.54) is 0 Å². The molecular weight excluding hydrogens is 192 g/mol. The molecule has 0 unspecified atom stereocenters. The summed E-state index contributed by atoms with van der Waals surface area (Å²) in [5, 5.41) is 10.9. The van der Waals surface area contributed by atoms with Crippen molar-refractivity contribution in [2.75, 3.05) is 0 Å². The highest BCUT2D eigenvalue weighted by Crippen LogP contribution is 2.31. The molecule has 0 radical (unpaired) electrons. The Bertz CT molecular complexity index is 367. The zero-order valence-electron chi connectivity index (χ0n) is 8.64. The van der Waals surface area contributed by atoms with Gasteiger partial charge in [0.1, 0.15) is 0 Å². The predicted octanol–water partition coefficient (Wildman–Crippen LogP) is 1.57. The van der Waals surface area contributed by atoms with Gasteiger partial charge in [0, 0.05) is 17.9 Å². The average Bonchev–Trinajstić information content (AvgIpc) is 2.45. The number of nitrogens with two attached hydrogens (primary N) is 1. The first-order valence-corrected chi connectivity index (χ1v) is 5.02. The van der Waals surface area contributed by atoms with E-state index in [4.69, 9.17) is 5.73 Å². The van der Waals surface area contributed by atoms with E-state index >= 15 is 0 Å². The van der Waals surface area contributed by atoms with Gasteiger partial charge in [-0.2, -0.15) is 0 Å². The minimum Gasteiger partial charge on any atom is -0.327 e. The smallest absolute Gasteiger partial charge is 0.256 e. The van der Waals surface area contributed by atoms with Gasteiger partial charge in [0.15, 0.2) is 0 Å². The molecule has 4 nitrogen and oxygen atoms in total. The fourth-order valence-corrected chi connectivity index (χ4v) is 1.97. The molecule has 0 aromatic rings. The molecule has 0 bridgehead atoms. The molecule has 0 aromatic heterocycles. The Hall–Kier alpha value is -1.42. The quantitative estimate of drug-likeness (QED) is 0.523. The first kappa shape index (κ1) is 10.1. The lowest BCUT2D eigenvalue weighted by Gasteiger charge is -2.11. The standard InChI is InChI=1S/C11H14N2O2/c1-11(13(14)15)4-2-8-6-10(12)7-9(8)3-5-11/h2-5,10H,6-7,12H2,1H3. The maximum atomic E-state index is 10.9. The molecule has 2 rings (SSSR count). The van der Waals surface area contributed by atoms with E-state index in [0.717, 1.165) is 24.0 Å². The van der Waals surface area contributed by atoms with Gasteiger partial charge in [0.05, 0.1) is 0 Å². The maximum absolute atomic E-state index is 10.9. The first-order valence-electron chi connectivity index (χ1n) is 5.02. The minimum atomic E-state index is -1.07. The Morgan fingerprint density at radius 1 is 1.40 bits per heavy atom. The molecule has 0 heterocycles. The van der Waals surface area contributed by atoms with Crippen LogP contribution in [0.5, 0.6) is 0 Å². The second-order valence-corrected chi connectivity index (χ2v) is 4.37. The number of rotatable bonds is 1. The van der Waals surface area contributed by atoms with E-state index in [-0.39, 0.29) is 11.0 Å². The van der Waals surface area contributed by atoms with Crippen molar-refractivity contribution >= 4 is 0 Å². The maximum Gasteiger partial charge on any atom is 0.256 e. The molecule has 0 amide bonds. The van der Waals surface area contributed by atoms with Gasteiger partial charge in [-0.25, -0.2) is 0 Å². The Balaban J connectivity index is 2.31. The van der Waals surface area contributed by atoms with E-state index in [2.05, 4.69) is 0 Å². The van der Waals surface area contributed by atoms with E-state index < -0.39 is 5.54 Å². The van der Waals surface area contributed by atoms with Crippen molar-refractivity contribution in [1.29, 1.82) is 0 Å². The molecule has 2 N–H and O–H groups in total. The molecular formula is C11H14N2O2. The molecule has 0 saturated heterocycles. The van der Waals surface area contributed by atoms with Gasteiger partial charge in [-0.05, 0) is 36.1 Å². The van der Waals surface area contributed by atoms with Crippen molar-refractivity contribution in [2.24, 2.45) is 5.73 Å². The average molecular weight is 206 g/mol. The van der Waals surface area contributed by atoms with Crippen LogP contribution in [0.3, 0.4) is 0 Å². The normalized spacial score (nSPS) is 24.1.